The number of alkyl halides is 3. The van der Waals surface area contributed by atoms with Crippen molar-refractivity contribution in [2.45, 2.75) is 52.4 Å². The second kappa shape index (κ2) is 8.13. The lowest BCUT2D eigenvalue weighted by Gasteiger charge is -2.30. The Morgan fingerprint density at radius 3 is 2.40 bits per heavy atom. The smallest absolute Gasteiger partial charge is 0.382 e. The molecule has 3 rings (SSSR count). The van der Waals surface area contributed by atoms with Gasteiger partial charge in [0.1, 0.15) is 6.54 Å². The highest BCUT2D eigenvalue weighted by molar-refractivity contribution is 5.93. The van der Waals surface area contributed by atoms with E-state index in [0.29, 0.717) is 17.3 Å². The molecule has 1 N–H and O–H groups in total. The molecule has 3 nitrogen and oxygen atoms in total. The van der Waals surface area contributed by atoms with Crippen molar-refractivity contribution in [3.8, 4) is 0 Å². The highest BCUT2D eigenvalue weighted by atomic mass is 19.4. The maximum Gasteiger partial charge on any atom is 0.406 e. The van der Waals surface area contributed by atoms with Gasteiger partial charge in [0, 0.05) is 22.8 Å². The first-order valence-corrected chi connectivity index (χ1v) is 8.94. The van der Waals surface area contributed by atoms with E-state index in [1.165, 1.54) is 4.57 Å². The van der Waals surface area contributed by atoms with E-state index in [2.05, 4.69) is 17.3 Å². The fourth-order valence-electron chi connectivity index (χ4n) is 3.30. The van der Waals surface area contributed by atoms with E-state index in [4.69, 9.17) is 0 Å². The number of rotatable bonds is 3. The number of hydrogen-bond donors (Lipinski definition) is 1. The average molecular weight is 355 g/mol. The summed E-state index contributed by atoms with van der Waals surface area (Å²) in [5.74, 6) is 0. The van der Waals surface area contributed by atoms with Gasteiger partial charge in [0.2, 0.25) is 0 Å². The Morgan fingerprint density at radius 2 is 1.80 bits per heavy atom. The number of halogens is 3. The Balaban J connectivity index is 0.00000109. The van der Waals surface area contributed by atoms with Gasteiger partial charge in [0.15, 0.2) is 0 Å². The largest absolute Gasteiger partial charge is 0.406 e. The van der Waals surface area contributed by atoms with E-state index in [1.54, 1.807) is 13.0 Å². The molecule has 1 saturated heterocycles. The maximum atomic E-state index is 12.8. The van der Waals surface area contributed by atoms with Gasteiger partial charge in [-0.3, -0.25) is 0 Å². The lowest BCUT2D eigenvalue weighted by Crippen LogP contribution is -2.36. The average Bonchev–Trinajstić information content (AvgIpc) is 2.87. The Bertz CT molecular complexity index is 683. The van der Waals surface area contributed by atoms with Gasteiger partial charge in [-0.25, -0.2) is 0 Å². The number of hydrogen-bond acceptors (Lipinski definition) is 2. The second-order valence-corrected chi connectivity index (χ2v) is 6.45. The van der Waals surface area contributed by atoms with Crippen molar-refractivity contribution < 1.29 is 13.2 Å². The summed E-state index contributed by atoms with van der Waals surface area (Å²) < 4.78 is 39.7. The van der Waals surface area contributed by atoms with E-state index < -0.39 is 12.7 Å². The Hall–Kier alpha value is -1.69. The monoisotopic (exact) mass is 355 g/mol. The minimum atomic E-state index is -4.21. The van der Waals surface area contributed by atoms with Crippen LogP contribution in [-0.4, -0.2) is 41.8 Å². The molecule has 1 fully saturated rings. The molecule has 0 unspecified atom stereocenters. The van der Waals surface area contributed by atoms with Crippen molar-refractivity contribution >= 4 is 16.6 Å². The predicted octanol–water partition coefficient (Wildman–Crippen LogP) is 5.04. The zero-order valence-corrected chi connectivity index (χ0v) is 15.5. The molecular weight excluding hydrogens is 327 g/mol. The number of aryl methyl sites for hydroxylation is 1. The van der Waals surface area contributed by atoms with Gasteiger partial charge >= 0.3 is 6.18 Å². The number of likely N-dealkylation sites (tertiary alicyclic amines) is 1. The molecule has 0 atom stereocenters. The highest BCUT2D eigenvalue weighted by Crippen LogP contribution is 2.31. The molecule has 1 aromatic carbocycles. The normalized spacial score (nSPS) is 16.6. The summed E-state index contributed by atoms with van der Waals surface area (Å²) in [7, 11) is 2.11. The lowest BCUT2D eigenvalue weighted by atomic mass is 10.0. The number of nitrogens with zero attached hydrogens (tertiary/aromatic N) is 2. The van der Waals surface area contributed by atoms with E-state index in [0.717, 1.165) is 37.0 Å². The van der Waals surface area contributed by atoms with Crippen molar-refractivity contribution in [1.82, 2.24) is 9.47 Å². The van der Waals surface area contributed by atoms with Gasteiger partial charge in [-0.2, -0.15) is 13.2 Å². The Kier molecular flexibility index (Phi) is 6.38. The molecular formula is C19H28F3N3. The molecule has 2 aromatic rings. The molecule has 25 heavy (non-hydrogen) atoms. The van der Waals surface area contributed by atoms with Gasteiger partial charge in [-0.05, 0) is 58.1 Å². The van der Waals surface area contributed by atoms with Gasteiger partial charge in [-0.1, -0.05) is 19.9 Å². The van der Waals surface area contributed by atoms with Crippen LogP contribution in [0.3, 0.4) is 0 Å². The summed E-state index contributed by atoms with van der Waals surface area (Å²) in [6.07, 6.45) is -2.11. The maximum absolute atomic E-state index is 12.8. The lowest BCUT2D eigenvalue weighted by molar-refractivity contribution is -0.140. The molecule has 1 aliphatic heterocycles. The van der Waals surface area contributed by atoms with Crippen molar-refractivity contribution in [1.29, 1.82) is 0 Å². The van der Waals surface area contributed by atoms with Crippen LogP contribution in [0.15, 0.2) is 24.3 Å². The van der Waals surface area contributed by atoms with Crippen LogP contribution < -0.4 is 5.32 Å². The standard InChI is InChI=1S/C17H22F3N3.C2H6/c1-12-10-14-15(21-13-6-8-22(2)9-7-13)4-3-5-16(14)23(12)11-17(18,19)20;1-2/h3-5,10,13,21H,6-9,11H2,1-2H3;1-2H3. The van der Waals surface area contributed by atoms with Crippen molar-refractivity contribution in [3.63, 3.8) is 0 Å². The van der Waals surface area contributed by atoms with Crippen LogP contribution in [0, 0.1) is 6.92 Å². The van der Waals surface area contributed by atoms with E-state index in [9.17, 15) is 13.2 Å². The summed E-state index contributed by atoms with van der Waals surface area (Å²) >= 11 is 0. The van der Waals surface area contributed by atoms with Crippen molar-refractivity contribution in [2.75, 3.05) is 25.5 Å². The zero-order valence-electron chi connectivity index (χ0n) is 15.5. The first-order valence-electron chi connectivity index (χ1n) is 8.94. The molecule has 0 spiro atoms. The molecule has 6 heteroatoms. The number of piperidine rings is 1. The summed E-state index contributed by atoms with van der Waals surface area (Å²) in [5, 5.41) is 4.40. The third kappa shape index (κ3) is 4.91. The van der Waals surface area contributed by atoms with Crippen LogP contribution in [0.25, 0.3) is 10.9 Å². The third-order valence-corrected chi connectivity index (χ3v) is 4.57. The Labute approximate surface area is 147 Å². The van der Waals surface area contributed by atoms with Crippen LogP contribution in [0.1, 0.15) is 32.4 Å². The highest BCUT2D eigenvalue weighted by Gasteiger charge is 2.29. The van der Waals surface area contributed by atoms with E-state index in [-0.39, 0.29) is 0 Å². The summed E-state index contributed by atoms with van der Waals surface area (Å²) in [6.45, 7) is 6.87. The van der Waals surface area contributed by atoms with Crippen molar-refractivity contribution in [2.24, 2.45) is 0 Å². The first-order chi connectivity index (χ1) is 11.8. The predicted molar refractivity (Wildman–Crippen MR) is 98.2 cm³/mol. The molecule has 1 aliphatic rings. The van der Waals surface area contributed by atoms with Gasteiger partial charge < -0.3 is 14.8 Å². The summed E-state index contributed by atoms with van der Waals surface area (Å²) in [4.78, 5) is 2.29. The third-order valence-electron chi connectivity index (χ3n) is 4.57. The quantitative estimate of drug-likeness (QED) is 0.832. The fourth-order valence-corrected chi connectivity index (χ4v) is 3.30. The summed E-state index contributed by atoms with van der Waals surface area (Å²) in [6, 6.07) is 7.76. The number of anilines is 1. The van der Waals surface area contributed by atoms with Crippen molar-refractivity contribution in [3.05, 3.63) is 30.0 Å². The van der Waals surface area contributed by atoms with E-state index >= 15 is 0 Å². The summed E-state index contributed by atoms with van der Waals surface area (Å²) in [5.41, 5.74) is 2.20. The van der Waals surface area contributed by atoms with Crippen LogP contribution in [0.2, 0.25) is 0 Å². The molecule has 0 amide bonds. The molecule has 1 aromatic heterocycles. The number of benzene rings is 1. The SMILES string of the molecule is CC.Cc1cc2c(NC3CCN(C)CC3)cccc2n1CC(F)(F)F. The van der Waals surface area contributed by atoms with Gasteiger partial charge in [0.25, 0.3) is 0 Å². The Morgan fingerprint density at radius 1 is 1.16 bits per heavy atom. The minimum absolute atomic E-state index is 0.378. The van der Waals surface area contributed by atoms with Crippen LogP contribution >= 0.6 is 0 Å². The number of fused-ring (bicyclic) bond motifs is 1. The van der Waals surface area contributed by atoms with Crippen LogP contribution in [0.4, 0.5) is 18.9 Å². The molecule has 140 valence electrons. The van der Waals surface area contributed by atoms with Crippen LogP contribution in [-0.2, 0) is 6.54 Å². The first kappa shape index (κ1) is 19.6. The molecule has 0 saturated carbocycles. The minimum Gasteiger partial charge on any atom is -0.382 e. The fraction of sp³-hybridized carbons (Fsp3) is 0.579. The second-order valence-electron chi connectivity index (χ2n) is 6.45. The van der Waals surface area contributed by atoms with Gasteiger partial charge in [-0.15, -0.1) is 0 Å². The molecule has 0 radical (unpaired) electrons. The van der Waals surface area contributed by atoms with Gasteiger partial charge in [0.05, 0.1) is 5.52 Å². The number of nitrogens with one attached hydrogen (secondary N) is 1. The molecule has 2 heterocycles. The number of aromatic nitrogens is 1. The topological polar surface area (TPSA) is 20.2 Å². The molecule has 0 bridgehead atoms. The molecule has 0 aliphatic carbocycles. The zero-order chi connectivity index (χ0) is 18.6. The van der Waals surface area contributed by atoms with Crippen LogP contribution in [0.5, 0.6) is 0 Å². The van der Waals surface area contributed by atoms with E-state index in [1.807, 2.05) is 32.0 Å².